The van der Waals surface area contributed by atoms with Crippen LogP contribution in [0.2, 0.25) is 10.0 Å². The fourth-order valence-corrected chi connectivity index (χ4v) is 4.06. The van der Waals surface area contributed by atoms with Crippen molar-refractivity contribution in [2.45, 2.75) is 13.5 Å². The number of aromatic nitrogens is 1. The molecule has 0 aliphatic heterocycles. The second kappa shape index (κ2) is 8.38. The first-order valence-electron chi connectivity index (χ1n) is 7.98. The van der Waals surface area contributed by atoms with Gasteiger partial charge >= 0.3 is 5.97 Å². The highest BCUT2D eigenvalue weighted by Crippen LogP contribution is 2.24. The van der Waals surface area contributed by atoms with E-state index in [-0.39, 0.29) is 32.2 Å². The number of hydrogen-bond donors (Lipinski definition) is 0. The monoisotopic (exact) mass is 444 g/mol. The van der Waals surface area contributed by atoms with Crippen LogP contribution in [0.3, 0.4) is 0 Å². The topological polar surface area (TPSA) is 60.7 Å². The molecule has 0 aliphatic rings. The van der Waals surface area contributed by atoms with Gasteiger partial charge in [0.05, 0.1) is 27.4 Å². The largest absolute Gasteiger partial charge is 0.465 e. The van der Waals surface area contributed by atoms with Crippen LogP contribution in [0.15, 0.2) is 35.3 Å². The number of benzene rings is 2. The highest BCUT2D eigenvalue weighted by atomic mass is 35.5. The number of fused-ring (bicyclic) bond motifs is 1. The normalized spacial score (nSPS) is 11.8. The number of halogens is 4. The number of carbonyl (C=O) groups is 2. The van der Waals surface area contributed by atoms with E-state index in [0.29, 0.717) is 11.1 Å². The van der Waals surface area contributed by atoms with E-state index in [2.05, 4.69) is 4.99 Å². The third kappa shape index (κ3) is 4.24. The van der Waals surface area contributed by atoms with Gasteiger partial charge in [-0.05, 0) is 31.2 Å². The Bertz CT molecular complexity index is 1160. The average Bonchev–Trinajstić information content (AvgIpc) is 2.91. The fourth-order valence-electron chi connectivity index (χ4n) is 2.51. The van der Waals surface area contributed by atoms with Gasteiger partial charge in [0, 0.05) is 11.1 Å². The van der Waals surface area contributed by atoms with Gasteiger partial charge in [0.25, 0.3) is 5.91 Å². The van der Waals surface area contributed by atoms with Crippen molar-refractivity contribution in [2.24, 2.45) is 4.99 Å². The van der Waals surface area contributed by atoms with Crippen LogP contribution < -0.4 is 4.80 Å². The van der Waals surface area contributed by atoms with E-state index in [1.54, 1.807) is 6.92 Å². The SMILES string of the molecule is CCOC(=O)Cn1c(=NC(=O)c2ccc(Cl)cc2Cl)sc2cc(F)cc(F)c21. The van der Waals surface area contributed by atoms with Crippen LogP contribution in [0, 0.1) is 11.6 Å². The van der Waals surface area contributed by atoms with E-state index in [0.717, 1.165) is 17.4 Å². The molecule has 0 spiro atoms. The van der Waals surface area contributed by atoms with E-state index in [9.17, 15) is 18.4 Å². The summed E-state index contributed by atoms with van der Waals surface area (Å²) in [6, 6.07) is 6.06. The highest BCUT2D eigenvalue weighted by Gasteiger charge is 2.18. The Hall–Kier alpha value is -2.29. The van der Waals surface area contributed by atoms with Crippen LogP contribution in [0.5, 0.6) is 0 Å². The van der Waals surface area contributed by atoms with Gasteiger partial charge in [-0.1, -0.05) is 34.5 Å². The van der Waals surface area contributed by atoms with Gasteiger partial charge < -0.3 is 9.30 Å². The summed E-state index contributed by atoms with van der Waals surface area (Å²) in [5.41, 5.74) is 0.0334. The molecule has 0 atom stereocenters. The molecule has 10 heteroatoms. The number of hydrogen-bond acceptors (Lipinski definition) is 4. The zero-order chi connectivity index (χ0) is 20.4. The number of rotatable bonds is 4. The summed E-state index contributed by atoms with van der Waals surface area (Å²) in [6.45, 7) is 1.36. The second-order valence-corrected chi connectivity index (χ2v) is 7.40. The molecular weight excluding hydrogens is 433 g/mol. The third-order valence-corrected chi connectivity index (χ3v) is 5.22. The van der Waals surface area contributed by atoms with Gasteiger partial charge in [-0.15, -0.1) is 0 Å². The Morgan fingerprint density at radius 3 is 2.64 bits per heavy atom. The van der Waals surface area contributed by atoms with Crippen molar-refractivity contribution in [3.8, 4) is 0 Å². The first kappa shape index (κ1) is 20.4. The number of esters is 1. The summed E-state index contributed by atoms with van der Waals surface area (Å²) >= 11 is 12.7. The minimum Gasteiger partial charge on any atom is -0.465 e. The molecule has 0 bridgehead atoms. The number of thiazole rings is 1. The van der Waals surface area contributed by atoms with Gasteiger partial charge in [0.2, 0.25) is 0 Å². The van der Waals surface area contributed by atoms with Crippen molar-refractivity contribution in [3.63, 3.8) is 0 Å². The molecule has 1 amide bonds. The number of amides is 1. The molecular formula is C18H12Cl2F2N2O3S. The van der Waals surface area contributed by atoms with Crippen molar-refractivity contribution < 1.29 is 23.1 Å². The highest BCUT2D eigenvalue weighted by molar-refractivity contribution is 7.16. The summed E-state index contributed by atoms with van der Waals surface area (Å²) in [5, 5.41) is 0.440. The zero-order valence-electron chi connectivity index (χ0n) is 14.3. The molecule has 3 rings (SSSR count). The average molecular weight is 445 g/mol. The zero-order valence-corrected chi connectivity index (χ0v) is 16.7. The molecule has 0 saturated carbocycles. The van der Waals surface area contributed by atoms with Gasteiger partial charge in [-0.25, -0.2) is 8.78 Å². The summed E-state index contributed by atoms with van der Waals surface area (Å²) in [5.74, 6) is -3.03. The van der Waals surface area contributed by atoms with Crippen molar-refractivity contribution in [1.29, 1.82) is 0 Å². The van der Waals surface area contributed by atoms with Crippen molar-refractivity contribution >= 4 is 56.6 Å². The maximum Gasteiger partial charge on any atom is 0.326 e. The molecule has 3 aromatic rings. The molecule has 1 aromatic heterocycles. The molecule has 146 valence electrons. The van der Waals surface area contributed by atoms with Gasteiger partial charge in [0.1, 0.15) is 12.4 Å². The lowest BCUT2D eigenvalue weighted by Crippen LogP contribution is -2.23. The predicted molar refractivity (Wildman–Crippen MR) is 103 cm³/mol. The van der Waals surface area contributed by atoms with Crippen LogP contribution in [0.25, 0.3) is 10.2 Å². The number of ether oxygens (including phenoxy) is 1. The summed E-state index contributed by atoms with van der Waals surface area (Å²) in [4.78, 5) is 28.5. The Kier molecular flexibility index (Phi) is 6.12. The molecule has 5 nitrogen and oxygen atoms in total. The Morgan fingerprint density at radius 2 is 1.96 bits per heavy atom. The van der Waals surface area contributed by atoms with Crippen LogP contribution >= 0.6 is 34.5 Å². The van der Waals surface area contributed by atoms with Crippen LogP contribution in [-0.2, 0) is 16.1 Å². The molecule has 1 heterocycles. The Labute approximate surface area is 171 Å². The Balaban J connectivity index is 2.18. The lowest BCUT2D eigenvalue weighted by molar-refractivity contribution is -0.143. The lowest BCUT2D eigenvalue weighted by atomic mass is 10.2. The predicted octanol–water partition coefficient (Wildman–Crippen LogP) is 4.59. The molecule has 2 aromatic carbocycles. The fraction of sp³-hybridized carbons (Fsp3) is 0.167. The van der Waals surface area contributed by atoms with Crippen molar-refractivity contribution in [3.05, 3.63) is 62.4 Å². The quantitative estimate of drug-likeness (QED) is 0.552. The minimum atomic E-state index is -0.881. The maximum absolute atomic E-state index is 14.4. The number of nitrogens with zero attached hydrogens (tertiary/aromatic N) is 2. The molecule has 0 N–H and O–H groups in total. The summed E-state index contributed by atoms with van der Waals surface area (Å²) in [6.07, 6.45) is 0. The van der Waals surface area contributed by atoms with Crippen LogP contribution in [0.1, 0.15) is 17.3 Å². The molecule has 28 heavy (non-hydrogen) atoms. The maximum atomic E-state index is 14.4. The van der Waals surface area contributed by atoms with Gasteiger partial charge in [-0.2, -0.15) is 4.99 Å². The lowest BCUT2D eigenvalue weighted by Gasteiger charge is -2.06. The minimum absolute atomic E-state index is 0.00331. The molecule has 0 radical (unpaired) electrons. The van der Waals surface area contributed by atoms with Crippen LogP contribution in [-0.4, -0.2) is 23.1 Å². The smallest absolute Gasteiger partial charge is 0.326 e. The third-order valence-electron chi connectivity index (χ3n) is 3.65. The Morgan fingerprint density at radius 1 is 1.21 bits per heavy atom. The molecule has 0 saturated heterocycles. The van der Waals surface area contributed by atoms with Gasteiger partial charge in [0.15, 0.2) is 10.6 Å². The van der Waals surface area contributed by atoms with Crippen LogP contribution in [0.4, 0.5) is 8.78 Å². The van der Waals surface area contributed by atoms with Gasteiger partial charge in [-0.3, -0.25) is 9.59 Å². The molecule has 0 fully saturated rings. The first-order valence-corrected chi connectivity index (χ1v) is 9.55. The first-order chi connectivity index (χ1) is 13.3. The van der Waals surface area contributed by atoms with E-state index in [1.165, 1.54) is 22.8 Å². The van der Waals surface area contributed by atoms with E-state index in [1.807, 2.05) is 0 Å². The van der Waals surface area contributed by atoms with E-state index in [4.69, 9.17) is 27.9 Å². The summed E-state index contributed by atoms with van der Waals surface area (Å²) in [7, 11) is 0. The number of carbonyl (C=O) groups excluding carboxylic acids is 2. The van der Waals surface area contributed by atoms with E-state index >= 15 is 0 Å². The van der Waals surface area contributed by atoms with Crippen molar-refractivity contribution in [1.82, 2.24) is 4.57 Å². The van der Waals surface area contributed by atoms with Crippen molar-refractivity contribution in [2.75, 3.05) is 6.61 Å². The van der Waals surface area contributed by atoms with E-state index < -0.39 is 30.1 Å². The molecule has 0 aliphatic carbocycles. The summed E-state index contributed by atoms with van der Waals surface area (Å²) < 4.78 is 34.2. The second-order valence-electron chi connectivity index (χ2n) is 5.55. The standard InChI is InChI=1S/C18H12Cl2F2N2O3S/c1-2-27-15(25)8-24-16-13(22)6-10(21)7-14(16)28-18(24)23-17(26)11-4-3-9(19)5-12(11)20/h3-7H,2,8H2,1H3. The molecule has 0 unspecified atom stereocenters.